The predicted octanol–water partition coefficient (Wildman–Crippen LogP) is 1.77. The molecule has 0 radical (unpaired) electrons. The average Bonchev–Trinajstić information content (AvgIpc) is 2.69. The first kappa shape index (κ1) is 11.5. The first-order chi connectivity index (χ1) is 7.20. The molecular formula is C11H14N2O2. The van der Waals surface area contributed by atoms with Crippen LogP contribution in [0, 0.1) is 34.0 Å². The number of esters is 1. The highest BCUT2D eigenvalue weighted by atomic mass is 16.5. The van der Waals surface area contributed by atoms with E-state index < -0.39 is 17.3 Å². The molecule has 80 valence electrons. The van der Waals surface area contributed by atoms with Crippen LogP contribution < -0.4 is 0 Å². The van der Waals surface area contributed by atoms with E-state index in [1.165, 1.54) is 0 Å². The van der Waals surface area contributed by atoms with E-state index in [0.29, 0.717) is 12.8 Å². The van der Waals surface area contributed by atoms with E-state index in [1.807, 2.05) is 6.07 Å². The van der Waals surface area contributed by atoms with Crippen LogP contribution in [0.1, 0.15) is 32.6 Å². The molecule has 0 N–H and O–H groups in total. The molecule has 1 saturated carbocycles. The van der Waals surface area contributed by atoms with E-state index in [-0.39, 0.29) is 6.61 Å². The molecule has 1 fully saturated rings. The number of rotatable bonds is 3. The molecule has 0 aromatic rings. The predicted molar refractivity (Wildman–Crippen MR) is 52.3 cm³/mol. The van der Waals surface area contributed by atoms with Crippen LogP contribution >= 0.6 is 0 Å². The molecule has 0 aromatic heterocycles. The minimum absolute atomic E-state index is 0.249. The van der Waals surface area contributed by atoms with Gasteiger partial charge in [-0.3, -0.25) is 4.79 Å². The maximum Gasteiger partial charge on any atom is 0.324 e. The standard InChI is InChI=1S/C11H14N2O2/c1-2-15-10(14)9(7-12)11(8-13)5-3-4-6-11/h9H,2-6H2,1H3/t9-/m1/s1. The molecule has 15 heavy (non-hydrogen) atoms. The second kappa shape index (κ2) is 4.79. The van der Waals surface area contributed by atoms with Crippen molar-refractivity contribution in [2.24, 2.45) is 11.3 Å². The second-order valence-electron chi connectivity index (χ2n) is 3.79. The van der Waals surface area contributed by atoms with E-state index >= 15 is 0 Å². The summed E-state index contributed by atoms with van der Waals surface area (Å²) in [6, 6.07) is 4.07. The normalized spacial score (nSPS) is 19.9. The van der Waals surface area contributed by atoms with Crippen LogP contribution in [-0.2, 0) is 9.53 Å². The Kier molecular flexibility index (Phi) is 3.68. The molecule has 1 atom stereocenters. The molecule has 0 unspecified atom stereocenters. The van der Waals surface area contributed by atoms with Gasteiger partial charge in [-0.25, -0.2) is 0 Å². The third kappa shape index (κ3) is 2.10. The van der Waals surface area contributed by atoms with E-state index in [4.69, 9.17) is 15.3 Å². The topological polar surface area (TPSA) is 73.9 Å². The minimum Gasteiger partial charge on any atom is -0.465 e. The Morgan fingerprint density at radius 3 is 2.47 bits per heavy atom. The van der Waals surface area contributed by atoms with Crippen LogP contribution in [-0.4, -0.2) is 12.6 Å². The van der Waals surface area contributed by atoms with E-state index in [0.717, 1.165) is 12.8 Å². The summed E-state index contributed by atoms with van der Waals surface area (Å²) in [7, 11) is 0. The first-order valence-corrected chi connectivity index (χ1v) is 5.17. The number of hydrogen-bond acceptors (Lipinski definition) is 4. The van der Waals surface area contributed by atoms with Crippen molar-refractivity contribution in [3.63, 3.8) is 0 Å². The molecule has 0 amide bonds. The van der Waals surface area contributed by atoms with Crippen molar-refractivity contribution in [2.45, 2.75) is 32.6 Å². The highest BCUT2D eigenvalue weighted by Crippen LogP contribution is 2.44. The SMILES string of the molecule is CCOC(=O)[C@@H](C#N)C1(C#N)CCCC1. The quantitative estimate of drug-likeness (QED) is 0.659. The molecule has 0 aliphatic heterocycles. The van der Waals surface area contributed by atoms with Crippen LogP contribution in [0.3, 0.4) is 0 Å². The van der Waals surface area contributed by atoms with Crippen LogP contribution in [0.2, 0.25) is 0 Å². The zero-order chi connectivity index (χ0) is 11.3. The Bertz CT molecular complexity index is 318. The van der Waals surface area contributed by atoms with Crippen molar-refractivity contribution in [3.8, 4) is 12.1 Å². The lowest BCUT2D eigenvalue weighted by Crippen LogP contribution is -2.32. The molecule has 1 aliphatic carbocycles. The molecule has 0 heterocycles. The Labute approximate surface area is 89.4 Å². The smallest absolute Gasteiger partial charge is 0.324 e. The zero-order valence-electron chi connectivity index (χ0n) is 8.82. The van der Waals surface area contributed by atoms with Crippen LogP contribution in [0.4, 0.5) is 0 Å². The largest absolute Gasteiger partial charge is 0.465 e. The summed E-state index contributed by atoms with van der Waals surface area (Å²) in [5.74, 6) is -1.48. The van der Waals surface area contributed by atoms with Crippen LogP contribution in [0.5, 0.6) is 0 Å². The van der Waals surface area contributed by atoms with Gasteiger partial charge in [0.05, 0.1) is 24.2 Å². The highest BCUT2D eigenvalue weighted by molar-refractivity contribution is 5.77. The molecule has 1 aliphatic rings. The number of carbonyl (C=O) groups excluding carboxylic acids is 1. The number of hydrogen-bond donors (Lipinski definition) is 0. The lowest BCUT2D eigenvalue weighted by molar-refractivity contribution is -0.148. The Morgan fingerprint density at radius 1 is 1.47 bits per heavy atom. The number of carbonyl (C=O) groups is 1. The first-order valence-electron chi connectivity index (χ1n) is 5.17. The third-order valence-electron chi connectivity index (χ3n) is 2.92. The van der Waals surface area contributed by atoms with Gasteiger partial charge in [0, 0.05) is 0 Å². The summed E-state index contributed by atoms with van der Waals surface area (Å²) < 4.78 is 4.82. The van der Waals surface area contributed by atoms with Gasteiger partial charge in [-0.15, -0.1) is 0 Å². The Hall–Kier alpha value is -1.55. The molecule has 0 aromatic carbocycles. The fraction of sp³-hybridized carbons (Fsp3) is 0.727. The monoisotopic (exact) mass is 206 g/mol. The van der Waals surface area contributed by atoms with Gasteiger partial charge in [0.15, 0.2) is 5.92 Å². The zero-order valence-corrected chi connectivity index (χ0v) is 8.82. The van der Waals surface area contributed by atoms with Crippen molar-refractivity contribution < 1.29 is 9.53 Å². The van der Waals surface area contributed by atoms with E-state index in [9.17, 15) is 4.79 Å². The Balaban J connectivity index is 2.86. The maximum atomic E-state index is 11.5. The van der Waals surface area contributed by atoms with Crippen LogP contribution in [0.25, 0.3) is 0 Å². The summed E-state index contributed by atoms with van der Waals surface area (Å²) in [6.07, 6.45) is 3.07. The van der Waals surface area contributed by atoms with Gasteiger partial charge >= 0.3 is 5.97 Å². The van der Waals surface area contributed by atoms with Gasteiger partial charge in [0.1, 0.15) is 0 Å². The van der Waals surface area contributed by atoms with Crippen molar-refractivity contribution >= 4 is 5.97 Å². The molecule has 4 heteroatoms. The molecule has 4 nitrogen and oxygen atoms in total. The fourth-order valence-electron chi connectivity index (χ4n) is 2.10. The molecule has 1 rings (SSSR count). The van der Waals surface area contributed by atoms with Gasteiger partial charge < -0.3 is 4.74 Å². The third-order valence-corrected chi connectivity index (χ3v) is 2.92. The summed E-state index contributed by atoms with van der Waals surface area (Å²) >= 11 is 0. The average molecular weight is 206 g/mol. The van der Waals surface area contributed by atoms with Crippen molar-refractivity contribution in [1.82, 2.24) is 0 Å². The van der Waals surface area contributed by atoms with Crippen LogP contribution in [0.15, 0.2) is 0 Å². The van der Waals surface area contributed by atoms with Crippen molar-refractivity contribution in [2.75, 3.05) is 6.61 Å². The van der Waals surface area contributed by atoms with E-state index in [2.05, 4.69) is 6.07 Å². The lowest BCUT2D eigenvalue weighted by atomic mass is 9.76. The minimum atomic E-state index is -0.926. The second-order valence-corrected chi connectivity index (χ2v) is 3.79. The summed E-state index contributed by atoms with van der Waals surface area (Å²) in [5, 5.41) is 18.1. The Morgan fingerprint density at radius 2 is 2.07 bits per heavy atom. The summed E-state index contributed by atoms with van der Waals surface area (Å²) in [6.45, 7) is 1.94. The summed E-state index contributed by atoms with van der Waals surface area (Å²) in [5.41, 5.74) is -0.805. The molecule has 0 spiro atoms. The maximum absolute atomic E-state index is 11.5. The number of nitriles is 2. The highest BCUT2D eigenvalue weighted by Gasteiger charge is 2.46. The number of ether oxygens (including phenoxy) is 1. The van der Waals surface area contributed by atoms with Gasteiger partial charge in [-0.2, -0.15) is 10.5 Å². The van der Waals surface area contributed by atoms with Crippen molar-refractivity contribution in [3.05, 3.63) is 0 Å². The van der Waals surface area contributed by atoms with Gasteiger partial charge in [-0.1, -0.05) is 12.8 Å². The molecule has 0 bridgehead atoms. The molecular weight excluding hydrogens is 192 g/mol. The summed E-state index contributed by atoms with van der Waals surface area (Å²) in [4.78, 5) is 11.5. The van der Waals surface area contributed by atoms with Gasteiger partial charge in [0.2, 0.25) is 0 Å². The van der Waals surface area contributed by atoms with Crippen molar-refractivity contribution in [1.29, 1.82) is 10.5 Å². The molecule has 0 saturated heterocycles. The lowest BCUT2D eigenvalue weighted by Gasteiger charge is -2.23. The van der Waals surface area contributed by atoms with E-state index in [1.54, 1.807) is 6.92 Å². The fourth-order valence-corrected chi connectivity index (χ4v) is 2.10. The van der Waals surface area contributed by atoms with Gasteiger partial charge in [0.25, 0.3) is 0 Å². The van der Waals surface area contributed by atoms with Gasteiger partial charge in [-0.05, 0) is 19.8 Å². The number of nitrogens with zero attached hydrogens (tertiary/aromatic N) is 2.